The normalized spacial score (nSPS) is 11.0. The van der Waals surface area contributed by atoms with Gasteiger partial charge in [-0.2, -0.15) is 0 Å². The summed E-state index contributed by atoms with van der Waals surface area (Å²) in [6.07, 6.45) is 2.87. The summed E-state index contributed by atoms with van der Waals surface area (Å²) < 4.78 is 5.00. The van der Waals surface area contributed by atoms with E-state index in [0.29, 0.717) is 61.3 Å². The minimum absolute atomic E-state index is 0.210. The largest absolute Gasteiger partial charge is 0.495 e. The van der Waals surface area contributed by atoms with Gasteiger partial charge >= 0.3 is 0 Å². The first-order valence-corrected chi connectivity index (χ1v) is 13.2. The lowest BCUT2D eigenvalue weighted by molar-refractivity contribution is -0.126. The summed E-state index contributed by atoms with van der Waals surface area (Å²) in [5, 5.41) is 11.0. The van der Waals surface area contributed by atoms with E-state index in [9.17, 15) is 24.0 Å². The Labute approximate surface area is 241 Å². The number of carbonyl (C=O) groups is 5. The molecule has 0 fully saturated rings. The van der Waals surface area contributed by atoms with Crippen LogP contribution in [0.2, 0.25) is 0 Å². The molecule has 0 bridgehead atoms. The molecule has 12 nitrogen and oxygen atoms in total. The number of nitrogens with zero attached hydrogens (tertiary/aromatic N) is 1. The molecule has 224 valence electrons. The second-order valence-electron chi connectivity index (χ2n) is 9.15. The number of likely N-dealkylation sites (N-methyl/N-ethyl adjacent to an activating group) is 2. The van der Waals surface area contributed by atoms with Crippen LogP contribution in [0, 0.1) is 6.92 Å². The van der Waals surface area contributed by atoms with E-state index in [2.05, 4.69) is 21.3 Å². The van der Waals surface area contributed by atoms with Crippen molar-refractivity contribution in [3.8, 4) is 5.75 Å². The average Bonchev–Trinajstić information content (AvgIpc) is 2.97. The van der Waals surface area contributed by atoms with Gasteiger partial charge in [-0.1, -0.05) is 18.2 Å². The number of aldehydes is 2. The van der Waals surface area contributed by atoms with Crippen molar-refractivity contribution in [2.75, 3.05) is 51.9 Å². The van der Waals surface area contributed by atoms with E-state index in [1.54, 1.807) is 37.3 Å². The maximum absolute atomic E-state index is 12.3. The van der Waals surface area contributed by atoms with Gasteiger partial charge in [-0.25, -0.2) is 0 Å². The lowest BCUT2D eigenvalue weighted by Gasteiger charge is -2.27. The summed E-state index contributed by atoms with van der Waals surface area (Å²) in [6, 6.07) is 10.2. The predicted molar refractivity (Wildman–Crippen MR) is 159 cm³/mol. The van der Waals surface area contributed by atoms with Gasteiger partial charge in [-0.3, -0.25) is 24.1 Å². The van der Waals surface area contributed by atoms with Crippen molar-refractivity contribution >= 4 is 42.2 Å². The van der Waals surface area contributed by atoms with Crippen molar-refractivity contribution in [3.63, 3.8) is 0 Å². The maximum atomic E-state index is 12.3. The van der Waals surface area contributed by atoms with Gasteiger partial charge in [0.25, 0.3) is 0 Å². The first kappa shape index (κ1) is 34.7. The van der Waals surface area contributed by atoms with E-state index in [-0.39, 0.29) is 31.2 Å². The highest BCUT2D eigenvalue weighted by molar-refractivity contribution is 5.93. The van der Waals surface area contributed by atoms with Crippen LogP contribution in [0.4, 0.5) is 11.4 Å². The van der Waals surface area contributed by atoms with Crippen molar-refractivity contribution in [3.05, 3.63) is 53.1 Å². The van der Waals surface area contributed by atoms with Gasteiger partial charge in [0.05, 0.1) is 18.8 Å². The van der Waals surface area contributed by atoms with Crippen LogP contribution >= 0.6 is 0 Å². The number of ether oxygens (including phenoxy) is 1. The average molecular weight is 571 g/mol. The van der Waals surface area contributed by atoms with Crippen molar-refractivity contribution in [2.24, 2.45) is 0 Å². The van der Waals surface area contributed by atoms with Gasteiger partial charge in [-0.05, 0) is 44.2 Å². The smallest absolute Gasteiger partial charge is 0.237 e. The summed E-state index contributed by atoms with van der Waals surface area (Å²) in [7, 11) is 4.87. The van der Waals surface area contributed by atoms with Crippen LogP contribution in [0.3, 0.4) is 0 Å². The highest BCUT2D eigenvalue weighted by Gasteiger charge is 2.24. The zero-order chi connectivity index (χ0) is 30.6. The maximum Gasteiger partial charge on any atom is 0.237 e. The van der Waals surface area contributed by atoms with Crippen LogP contribution in [-0.2, 0) is 25.7 Å². The highest BCUT2D eigenvalue weighted by atomic mass is 16.5. The van der Waals surface area contributed by atoms with Crippen molar-refractivity contribution in [2.45, 2.75) is 38.8 Å². The van der Waals surface area contributed by atoms with Gasteiger partial charge in [-0.15, -0.1) is 0 Å². The molecule has 41 heavy (non-hydrogen) atoms. The molecular formula is C29H42N6O6. The Morgan fingerprint density at radius 2 is 1.85 bits per heavy atom. The minimum Gasteiger partial charge on any atom is -0.495 e. The molecule has 0 saturated heterocycles. The third-order valence-electron chi connectivity index (χ3n) is 6.11. The number of hydrogen-bond acceptors (Lipinski definition) is 9. The van der Waals surface area contributed by atoms with E-state index in [0.717, 1.165) is 17.6 Å². The van der Waals surface area contributed by atoms with Gasteiger partial charge in [0.2, 0.25) is 18.2 Å². The second kappa shape index (κ2) is 19.7. The van der Waals surface area contributed by atoms with Crippen LogP contribution < -0.4 is 31.7 Å². The Hall–Kier alpha value is -4.29. The van der Waals surface area contributed by atoms with E-state index in [4.69, 9.17) is 10.5 Å². The number of rotatable bonds is 17. The number of nitrogens with one attached hydrogen (secondary N) is 4. The molecule has 3 amide bonds. The summed E-state index contributed by atoms with van der Waals surface area (Å²) in [4.78, 5) is 58.9. The first-order valence-electron chi connectivity index (χ1n) is 13.2. The van der Waals surface area contributed by atoms with Crippen molar-refractivity contribution < 1.29 is 28.7 Å². The van der Waals surface area contributed by atoms with Crippen molar-refractivity contribution in [1.82, 2.24) is 20.9 Å². The SMILES string of the molecule is CNC(=O)C(CCC=O)N(C)Cc1c(C=O)cccc1NC(=O)CCNCCNC=O.COc1cc(C)ccc1N. The number of benzene rings is 2. The fraction of sp³-hybridized carbons (Fsp3) is 0.414. The molecule has 0 spiro atoms. The van der Waals surface area contributed by atoms with Crippen LogP contribution in [0.1, 0.15) is 40.7 Å². The predicted octanol–water partition coefficient (Wildman–Crippen LogP) is 1.27. The quantitative estimate of drug-likeness (QED) is 0.107. The third-order valence-corrected chi connectivity index (χ3v) is 6.11. The molecule has 6 N–H and O–H groups in total. The van der Waals surface area contributed by atoms with Crippen LogP contribution in [0.25, 0.3) is 0 Å². The highest BCUT2D eigenvalue weighted by Crippen LogP contribution is 2.23. The molecule has 0 aliphatic rings. The Kier molecular flexibility index (Phi) is 16.7. The fourth-order valence-corrected chi connectivity index (χ4v) is 3.89. The third kappa shape index (κ3) is 12.6. The molecule has 0 aliphatic carbocycles. The minimum atomic E-state index is -0.553. The first-order chi connectivity index (χ1) is 19.7. The second-order valence-corrected chi connectivity index (χ2v) is 9.15. The topological polar surface area (TPSA) is 172 Å². The Bertz CT molecular complexity index is 1140. The summed E-state index contributed by atoms with van der Waals surface area (Å²) >= 11 is 0. The van der Waals surface area contributed by atoms with E-state index < -0.39 is 6.04 Å². The summed E-state index contributed by atoms with van der Waals surface area (Å²) in [6.45, 7) is 3.68. The van der Waals surface area contributed by atoms with Gasteiger partial charge in [0, 0.05) is 62.9 Å². The molecule has 0 radical (unpaired) electrons. The van der Waals surface area contributed by atoms with Gasteiger partial charge in [0.1, 0.15) is 18.3 Å². The van der Waals surface area contributed by atoms with Crippen LogP contribution in [0.15, 0.2) is 36.4 Å². The van der Waals surface area contributed by atoms with E-state index >= 15 is 0 Å². The molecule has 1 atom stereocenters. The number of nitrogens with two attached hydrogens (primary N) is 1. The summed E-state index contributed by atoms with van der Waals surface area (Å²) in [5.74, 6) is 0.292. The Morgan fingerprint density at radius 1 is 1.10 bits per heavy atom. The number of aryl methyl sites for hydroxylation is 1. The Balaban J connectivity index is 0.000000702. The summed E-state index contributed by atoms with van der Waals surface area (Å²) in [5.41, 5.74) is 8.92. The lowest BCUT2D eigenvalue weighted by Crippen LogP contribution is -2.44. The number of amides is 3. The van der Waals surface area contributed by atoms with Crippen molar-refractivity contribution in [1.29, 1.82) is 0 Å². The van der Waals surface area contributed by atoms with Gasteiger partial charge < -0.3 is 36.5 Å². The van der Waals surface area contributed by atoms with E-state index in [1.807, 2.05) is 25.1 Å². The van der Waals surface area contributed by atoms with E-state index in [1.165, 1.54) is 7.05 Å². The number of anilines is 2. The Morgan fingerprint density at radius 3 is 2.46 bits per heavy atom. The number of methoxy groups -OCH3 is 1. The zero-order valence-electron chi connectivity index (χ0n) is 24.2. The molecular weight excluding hydrogens is 528 g/mol. The molecule has 1 unspecified atom stereocenters. The molecule has 2 aromatic rings. The number of nitrogen functional groups attached to an aromatic ring is 1. The molecule has 0 heterocycles. The standard InChI is InChI=1S/C21H31N5O5.C8H11NO/c1-22-21(31)19(7-4-12-27)26(2)13-17-16(14-28)5-3-6-18(17)25-20(30)8-9-23-10-11-24-15-29;1-6-3-4-7(9)8(5-6)10-2/h3,5-6,12,14-15,19,23H,4,7-11,13H2,1-2H3,(H,22,31)(H,24,29)(H,25,30);3-5H,9H2,1-2H3. The van der Waals surface area contributed by atoms with Crippen LogP contribution in [-0.4, -0.2) is 82.6 Å². The molecule has 0 saturated carbocycles. The molecule has 2 aromatic carbocycles. The monoisotopic (exact) mass is 570 g/mol. The number of hydrogen-bond donors (Lipinski definition) is 5. The van der Waals surface area contributed by atoms with Crippen LogP contribution in [0.5, 0.6) is 5.75 Å². The molecule has 12 heteroatoms. The molecule has 0 aliphatic heterocycles. The molecule has 2 rings (SSSR count). The molecule has 0 aromatic heterocycles. The zero-order valence-corrected chi connectivity index (χ0v) is 24.2. The number of carbonyl (C=O) groups excluding carboxylic acids is 5. The lowest BCUT2D eigenvalue weighted by atomic mass is 10.0. The van der Waals surface area contributed by atoms with Gasteiger partial charge in [0.15, 0.2) is 0 Å². The fourth-order valence-electron chi connectivity index (χ4n) is 3.89.